The molecule has 1 aromatic carbocycles. The van der Waals surface area contributed by atoms with Crippen LogP contribution in [0.3, 0.4) is 0 Å². The van der Waals surface area contributed by atoms with Crippen LogP contribution in [0.2, 0.25) is 0 Å². The highest BCUT2D eigenvalue weighted by Crippen LogP contribution is 2.37. The Kier molecular flexibility index (Phi) is 4.86. The van der Waals surface area contributed by atoms with Gasteiger partial charge >= 0.3 is 6.18 Å². The number of rotatable bonds is 4. The van der Waals surface area contributed by atoms with E-state index in [0.29, 0.717) is 17.2 Å². The maximum absolute atomic E-state index is 12.6. The number of carbonyl (C=O) groups excluding carboxylic acids is 1. The van der Waals surface area contributed by atoms with Crippen molar-refractivity contribution >= 4 is 17.2 Å². The lowest BCUT2D eigenvalue weighted by Crippen LogP contribution is -2.57. The smallest absolute Gasteiger partial charge is 0.417 e. The van der Waals surface area contributed by atoms with Crippen LogP contribution in [-0.4, -0.2) is 36.5 Å². The van der Waals surface area contributed by atoms with E-state index in [4.69, 9.17) is 4.74 Å². The van der Waals surface area contributed by atoms with Crippen LogP contribution < -0.4 is 10.1 Å². The number of benzene rings is 1. The Morgan fingerprint density at radius 3 is 2.44 bits per heavy atom. The molecule has 0 spiro atoms. The van der Waals surface area contributed by atoms with Gasteiger partial charge in [0.15, 0.2) is 5.06 Å². The van der Waals surface area contributed by atoms with Crippen molar-refractivity contribution in [1.29, 1.82) is 0 Å². The van der Waals surface area contributed by atoms with Crippen LogP contribution in [0.5, 0.6) is 10.8 Å². The molecule has 1 atom stereocenters. The lowest BCUT2D eigenvalue weighted by atomic mass is 9.84. The molecule has 0 saturated carbocycles. The number of nitrogens with zero attached hydrogens (tertiary/aromatic N) is 1. The first-order valence-corrected chi connectivity index (χ1v) is 9.73. The minimum absolute atomic E-state index is 0.129. The molecule has 27 heavy (non-hydrogen) atoms. The van der Waals surface area contributed by atoms with E-state index in [1.165, 1.54) is 0 Å². The molecular weight excluding hydrogens is 377 g/mol. The molecule has 3 saturated heterocycles. The first kappa shape index (κ1) is 18.3. The average molecular weight is 396 g/mol. The highest BCUT2D eigenvalue weighted by molar-refractivity contribution is 7.12. The van der Waals surface area contributed by atoms with E-state index < -0.39 is 11.7 Å². The van der Waals surface area contributed by atoms with Gasteiger partial charge < -0.3 is 15.0 Å². The molecule has 8 heteroatoms. The van der Waals surface area contributed by atoms with Crippen molar-refractivity contribution < 1.29 is 22.7 Å². The largest absolute Gasteiger partial charge is 0.447 e. The molecule has 2 aromatic rings. The molecule has 0 aliphatic carbocycles. The molecule has 1 unspecified atom stereocenters. The highest BCUT2D eigenvalue weighted by atomic mass is 32.1. The van der Waals surface area contributed by atoms with Gasteiger partial charge in [0, 0.05) is 29.6 Å². The second-order valence-electron chi connectivity index (χ2n) is 7.00. The molecule has 3 aliphatic heterocycles. The van der Waals surface area contributed by atoms with Crippen molar-refractivity contribution in [2.45, 2.75) is 25.1 Å². The Hall–Kier alpha value is -2.06. The first-order valence-electron chi connectivity index (χ1n) is 8.85. The van der Waals surface area contributed by atoms with Gasteiger partial charge in [-0.1, -0.05) is 0 Å². The second kappa shape index (κ2) is 7.16. The number of piperidine rings is 3. The Morgan fingerprint density at radius 1 is 1.19 bits per heavy atom. The average Bonchev–Trinajstić information content (AvgIpc) is 3.12. The number of thiophene rings is 1. The first-order chi connectivity index (χ1) is 12.9. The summed E-state index contributed by atoms with van der Waals surface area (Å²) in [6.45, 7) is 3.13. The molecule has 1 amide bonds. The molecular formula is C19H19F3N2O2S. The van der Waals surface area contributed by atoms with Gasteiger partial charge in [0.1, 0.15) is 5.75 Å². The second-order valence-corrected chi connectivity index (χ2v) is 7.87. The fourth-order valence-electron chi connectivity index (χ4n) is 3.69. The molecule has 1 aromatic heterocycles. The summed E-state index contributed by atoms with van der Waals surface area (Å²) < 4.78 is 43.4. The molecule has 3 fully saturated rings. The minimum atomic E-state index is -4.38. The maximum atomic E-state index is 12.6. The Bertz CT molecular complexity index is 811. The predicted octanol–water partition coefficient (Wildman–Crippen LogP) is 4.38. The molecule has 3 aliphatic rings. The summed E-state index contributed by atoms with van der Waals surface area (Å²) in [6.07, 6.45) is -2.13. The SMILES string of the molecule is O=C(NC1CN2CCC1CC2)c1ccc(Oc2cc(C(F)(F)F)cs2)cc1. The van der Waals surface area contributed by atoms with E-state index in [2.05, 4.69) is 10.2 Å². The summed E-state index contributed by atoms with van der Waals surface area (Å²) in [4.78, 5) is 14.9. The van der Waals surface area contributed by atoms with Crippen LogP contribution in [0.4, 0.5) is 13.2 Å². The highest BCUT2D eigenvalue weighted by Gasteiger charge is 2.35. The van der Waals surface area contributed by atoms with Crippen LogP contribution in [0, 0.1) is 5.92 Å². The van der Waals surface area contributed by atoms with Crippen LogP contribution >= 0.6 is 11.3 Å². The Labute approximate surface area is 158 Å². The molecule has 4 nitrogen and oxygen atoms in total. The van der Waals surface area contributed by atoms with Crippen molar-refractivity contribution in [2.75, 3.05) is 19.6 Å². The van der Waals surface area contributed by atoms with Gasteiger partial charge in [0.05, 0.1) is 5.56 Å². The topological polar surface area (TPSA) is 41.6 Å². The van der Waals surface area contributed by atoms with Crippen molar-refractivity contribution in [1.82, 2.24) is 10.2 Å². The molecule has 1 N–H and O–H groups in total. The number of carbonyl (C=O) groups is 1. The van der Waals surface area contributed by atoms with Crippen LogP contribution in [0.25, 0.3) is 0 Å². The van der Waals surface area contributed by atoms with Gasteiger partial charge in [-0.2, -0.15) is 13.2 Å². The molecule has 144 valence electrons. The lowest BCUT2D eigenvalue weighted by molar-refractivity contribution is -0.137. The van der Waals surface area contributed by atoms with E-state index >= 15 is 0 Å². The van der Waals surface area contributed by atoms with E-state index in [0.717, 1.165) is 55.3 Å². The van der Waals surface area contributed by atoms with Gasteiger partial charge in [-0.15, -0.1) is 11.3 Å². The number of halogens is 3. The maximum Gasteiger partial charge on any atom is 0.417 e. The number of amides is 1. The van der Waals surface area contributed by atoms with Gasteiger partial charge in [-0.25, -0.2) is 0 Å². The lowest BCUT2D eigenvalue weighted by Gasteiger charge is -2.44. The summed E-state index contributed by atoms with van der Waals surface area (Å²) in [5, 5.41) is 4.29. The predicted molar refractivity (Wildman–Crippen MR) is 96.3 cm³/mol. The zero-order chi connectivity index (χ0) is 19.0. The Balaban J connectivity index is 1.37. The van der Waals surface area contributed by atoms with Gasteiger partial charge in [0.2, 0.25) is 0 Å². The standard InChI is InChI=1S/C19H19F3N2O2S/c20-19(21,22)14-9-17(27-11-14)26-15-3-1-13(2-4-15)18(25)23-16-10-24-7-5-12(16)6-8-24/h1-4,9,11-12,16H,5-8,10H2,(H,23,25). The number of nitrogens with one attached hydrogen (secondary N) is 1. The fraction of sp³-hybridized carbons (Fsp3) is 0.421. The zero-order valence-electron chi connectivity index (χ0n) is 14.5. The summed E-state index contributed by atoms with van der Waals surface area (Å²) in [7, 11) is 0. The monoisotopic (exact) mass is 396 g/mol. The van der Waals surface area contributed by atoms with Gasteiger partial charge in [-0.3, -0.25) is 4.79 Å². The third-order valence-corrected chi connectivity index (χ3v) is 6.02. The van der Waals surface area contributed by atoms with E-state index in [9.17, 15) is 18.0 Å². The number of hydrogen-bond acceptors (Lipinski definition) is 4. The quantitative estimate of drug-likeness (QED) is 0.834. The number of ether oxygens (including phenoxy) is 1. The van der Waals surface area contributed by atoms with Crippen molar-refractivity contribution in [3.8, 4) is 10.8 Å². The number of hydrogen-bond donors (Lipinski definition) is 1. The van der Waals surface area contributed by atoms with Gasteiger partial charge in [0.25, 0.3) is 5.91 Å². The van der Waals surface area contributed by atoms with E-state index in [-0.39, 0.29) is 17.0 Å². The van der Waals surface area contributed by atoms with E-state index in [1.54, 1.807) is 24.3 Å². The van der Waals surface area contributed by atoms with Crippen LogP contribution in [0.15, 0.2) is 35.7 Å². The summed E-state index contributed by atoms with van der Waals surface area (Å²) in [6, 6.07) is 7.60. The van der Waals surface area contributed by atoms with Crippen molar-refractivity contribution in [3.63, 3.8) is 0 Å². The van der Waals surface area contributed by atoms with E-state index in [1.807, 2.05) is 0 Å². The molecule has 2 bridgehead atoms. The summed E-state index contributed by atoms with van der Waals surface area (Å²) in [5.41, 5.74) is -0.211. The molecule has 0 radical (unpaired) electrons. The van der Waals surface area contributed by atoms with Crippen LogP contribution in [-0.2, 0) is 6.18 Å². The van der Waals surface area contributed by atoms with Crippen molar-refractivity contribution in [2.24, 2.45) is 5.92 Å². The van der Waals surface area contributed by atoms with Crippen LogP contribution in [0.1, 0.15) is 28.8 Å². The van der Waals surface area contributed by atoms with Crippen molar-refractivity contribution in [3.05, 3.63) is 46.8 Å². The minimum Gasteiger partial charge on any atom is -0.447 e. The number of fused-ring (bicyclic) bond motifs is 3. The zero-order valence-corrected chi connectivity index (χ0v) is 15.3. The Morgan fingerprint density at radius 2 is 1.89 bits per heavy atom. The normalized spacial score (nSPS) is 24.6. The molecule has 4 heterocycles. The van der Waals surface area contributed by atoms with Gasteiger partial charge in [-0.05, 0) is 56.1 Å². The third kappa shape index (κ3) is 4.11. The fourth-order valence-corrected chi connectivity index (χ4v) is 4.47. The summed E-state index contributed by atoms with van der Waals surface area (Å²) in [5.74, 6) is 0.809. The number of alkyl halides is 3. The molecule has 5 rings (SSSR count). The summed E-state index contributed by atoms with van der Waals surface area (Å²) >= 11 is 0.886. The third-order valence-electron chi connectivity index (χ3n) is 5.21.